The number of carbonyl (C=O) groups is 3. The van der Waals surface area contributed by atoms with Gasteiger partial charge >= 0.3 is 6.03 Å². The SMILES string of the molecule is C[C@@H](C1CC1)N(Cc1ccc(F)cc1)C(=O)CN1C(=O)NC2(Cc3ccc(Br)cc3C2)C1=O. The molecule has 1 unspecified atom stereocenters. The Morgan fingerprint density at radius 3 is 2.58 bits per heavy atom. The molecule has 2 fully saturated rings. The van der Waals surface area contributed by atoms with Gasteiger partial charge in [-0.15, -0.1) is 0 Å². The molecule has 2 aliphatic carbocycles. The molecule has 0 bridgehead atoms. The van der Waals surface area contributed by atoms with Crippen LogP contribution < -0.4 is 5.32 Å². The molecule has 172 valence electrons. The van der Waals surface area contributed by atoms with Gasteiger partial charge in [0.1, 0.15) is 17.9 Å². The Morgan fingerprint density at radius 1 is 1.18 bits per heavy atom. The summed E-state index contributed by atoms with van der Waals surface area (Å²) in [6.07, 6.45) is 2.93. The maximum atomic E-state index is 13.4. The molecular formula is C25H25BrFN3O3. The highest BCUT2D eigenvalue weighted by atomic mass is 79.9. The number of benzene rings is 2. The Hall–Kier alpha value is -2.74. The highest BCUT2D eigenvalue weighted by Crippen LogP contribution is 2.37. The van der Waals surface area contributed by atoms with Crippen molar-refractivity contribution in [3.05, 3.63) is 69.4 Å². The molecule has 8 heteroatoms. The molecule has 33 heavy (non-hydrogen) atoms. The van der Waals surface area contributed by atoms with E-state index in [0.29, 0.717) is 25.3 Å². The molecule has 2 aromatic rings. The van der Waals surface area contributed by atoms with Crippen molar-refractivity contribution in [3.8, 4) is 0 Å². The molecule has 2 atom stereocenters. The molecule has 6 nitrogen and oxygen atoms in total. The average Bonchev–Trinajstić information content (AvgIpc) is 3.53. The van der Waals surface area contributed by atoms with Crippen molar-refractivity contribution in [2.45, 2.75) is 50.7 Å². The summed E-state index contributed by atoms with van der Waals surface area (Å²) >= 11 is 3.46. The van der Waals surface area contributed by atoms with Gasteiger partial charge in [0.25, 0.3) is 5.91 Å². The van der Waals surface area contributed by atoms with Crippen LogP contribution in [0.2, 0.25) is 0 Å². The van der Waals surface area contributed by atoms with Crippen molar-refractivity contribution in [2.24, 2.45) is 5.92 Å². The van der Waals surface area contributed by atoms with E-state index in [0.717, 1.165) is 38.9 Å². The van der Waals surface area contributed by atoms with E-state index in [2.05, 4.69) is 21.2 Å². The van der Waals surface area contributed by atoms with Crippen LogP contribution in [0, 0.1) is 11.7 Å². The molecule has 1 spiro atoms. The third-order valence-corrected chi connectivity index (χ3v) is 7.57. The fraction of sp³-hybridized carbons (Fsp3) is 0.400. The van der Waals surface area contributed by atoms with Gasteiger partial charge in [0.15, 0.2) is 0 Å². The highest BCUT2D eigenvalue weighted by molar-refractivity contribution is 9.10. The fourth-order valence-corrected chi connectivity index (χ4v) is 5.42. The zero-order chi connectivity index (χ0) is 23.3. The van der Waals surface area contributed by atoms with Gasteiger partial charge in [-0.25, -0.2) is 9.18 Å². The molecular weight excluding hydrogens is 489 g/mol. The van der Waals surface area contributed by atoms with Gasteiger partial charge in [0.05, 0.1) is 0 Å². The van der Waals surface area contributed by atoms with E-state index in [1.807, 2.05) is 25.1 Å². The number of urea groups is 1. The molecule has 3 aliphatic rings. The van der Waals surface area contributed by atoms with Crippen LogP contribution in [0.3, 0.4) is 0 Å². The van der Waals surface area contributed by atoms with Crippen molar-refractivity contribution < 1.29 is 18.8 Å². The minimum Gasteiger partial charge on any atom is -0.334 e. The lowest BCUT2D eigenvalue weighted by Crippen LogP contribution is -2.49. The minimum absolute atomic E-state index is 0.0228. The summed E-state index contributed by atoms with van der Waals surface area (Å²) in [7, 11) is 0. The molecule has 0 aromatic heterocycles. The molecule has 4 amide bonds. The Kier molecular flexibility index (Phi) is 5.51. The summed E-state index contributed by atoms with van der Waals surface area (Å²) in [6, 6.07) is 11.4. The van der Waals surface area contributed by atoms with Crippen LogP contribution in [0.5, 0.6) is 0 Å². The zero-order valence-electron chi connectivity index (χ0n) is 18.3. The van der Waals surface area contributed by atoms with Crippen molar-refractivity contribution >= 4 is 33.8 Å². The molecule has 2 aromatic carbocycles. The summed E-state index contributed by atoms with van der Waals surface area (Å²) in [4.78, 5) is 42.3. The predicted molar refractivity (Wildman–Crippen MR) is 124 cm³/mol. The van der Waals surface area contributed by atoms with Crippen molar-refractivity contribution in [1.82, 2.24) is 15.1 Å². The van der Waals surface area contributed by atoms with Gasteiger partial charge in [-0.05, 0) is 66.6 Å². The van der Waals surface area contributed by atoms with E-state index < -0.39 is 11.6 Å². The largest absolute Gasteiger partial charge is 0.334 e. The quantitative estimate of drug-likeness (QED) is 0.597. The first-order valence-electron chi connectivity index (χ1n) is 11.2. The molecule has 1 N–H and O–H groups in total. The lowest BCUT2D eigenvalue weighted by molar-refractivity contribution is -0.140. The molecule has 1 saturated carbocycles. The van der Waals surface area contributed by atoms with Crippen LogP contribution in [0.25, 0.3) is 0 Å². The Balaban J connectivity index is 1.33. The van der Waals surface area contributed by atoms with Gasteiger partial charge < -0.3 is 10.2 Å². The first-order valence-corrected chi connectivity index (χ1v) is 12.0. The lowest BCUT2D eigenvalue weighted by atomic mass is 9.96. The second-order valence-electron chi connectivity index (χ2n) is 9.40. The molecule has 1 saturated heterocycles. The first kappa shape index (κ1) is 22.1. The molecule has 1 heterocycles. The van der Waals surface area contributed by atoms with Gasteiger partial charge in [-0.3, -0.25) is 14.5 Å². The topological polar surface area (TPSA) is 69.7 Å². The number of amides is 4. The Labute approximate surface area is 200 Å². The van der Waals surface area contributed by atoms with Crippen LogP contribution in [0.15, 0.2) is 46.9 Å². The van der Waals surface area contributed by atoms with Crippen LogP contribution in [0.1, 0.15) is 36.5 Å². The van der Waals surface area contributed by atoms with Gasteiger partial charge in [-0.2, -0.15) is 0 Å². The smallest absolute Gasteiger partial charge is 0.325 e. The van der Waals surface area contributed by atoms with Crippen LogP contribution in [-0.2, 0) is 29.0 Å². The maximum absolute atomic E-state index is 13.4. The summed E-state index contributed by atoms with van der Waals surface area (Å²) in [5.74, 6) is -0.556. The van der Waals surface area contributed by atoms with E-state index in [4.69, 9.17) is 0 Å². The zero-order valence-corrected chi connectivity index (χ0v) is 19.9. The number of nitrogens with one attached hydrogen (secondary N) is 1. The van der Waals surface area contributed by atoms with E-state index in [1.165, 1.54) is 12.1 Å². The summed E-state index contributed by atoms with van der Waals surface area (Å²) < 4.78 is 14.3. The lowest BCUT2D eigenvalue weighted by Gasteiger charge is -2.31. The van der Waals surface area contributed by atoms with E-state index >= 15 is 0 Å². The molecule has 5 rings (SSSR count). The number of hydrogen-bond acceptors (Lipinski definition) is 3. The number of carbonyl (C=O) groups excluding carboxylic acids is 3. The third kappa shape index (κ3) is 4.16. The number of hydrogen-bond donors (Lipinski definition) is 1. The van der Waals surface area contributed by atoms with Crippen molar-refractivity contribution in [2.75, 3.05) is 6.54 Å². The highest BCUT2D eigenvalue weighted by Gasteiger charge is 2.54. The summed E-state index contributed by atoms with van der Waals surface area (Å²) in [5.41, 5.74) is 1.83. The molecule has 1 aliphatic heterocycles. The predicted octanol–water partition coefficient (Wildman–Crippen LogP) is 3.80. The van der Waals surface area contributed by atoms with E-state index in [1.54, 1.807) is 17.0 Å². The van der Waals surface area contributed by atoms with Gasteiger partial charge in [0.2, 0.25) is 5.91 Å². The number of nitrogens with zero attached hydrogens (tertiary/aromatic N) is 2. The average molecular weight is 514 g/mol. The Morgan fingerprint density at radius 2 is 1.88 bits per heavy atom. The minimum atomic E-state index is -1.02. The number of fused-ring (bicyclic) bond motifs is 1. The van der Waals surface area contributed by atoms with Crippen molar-refractivity contribution in [1.29, 1.82) is 0 Å². The van der Waals surface area contributed by atoms with Crippen molar-refractivity contribution in [3.63, 3.8) is 0 Å². The van der Waals surface area contributed by atoms with E-state index in [-0.39, 0.29) is 30.2 Å². The number of halogens is 2. The fourth-order valence-electron chi connectivity index (χ4n) is 5.01. The number of rotatable bonds is 6. The maximum Gasteiger partial charge on any atom is 0.325 e. The van der Waals surface area contributed by atoms with Gasteiger partial charge in [-0.1, -0.05) is 34.1 Å². The van der Waals surface area contributed by atoms with Crippen LogP contribution in [0.4, 0.5) is 9.18 Å². The monoisotopic (exact) mass is 513 g/mol. The van der Waals surface area contributed by atoms with Gasteiger partial charge in [0, 0.05) is 29.9 Å². The Bertz CT molecular complexity index is 1130. The second kappa shape index (κ2) is 8.24. The normalized spacial score (nSPS) is 22.5. The standard InChI is InChI=1S/C25H25BrFN3O3/c1-15(17-4-5-17)29(13-16-2-8-21(27)9-3-16)22(31)14-30-23(32)25(28-24(30)33)11-18-6-7-20(26)10-19(18)12-25/h2-3,6-10,15,17H,4-5,11-14H2,1H3,(H,28,33)/t15-,25?/m0/s1. The van der Waals surface area contributed by atoms with E-state index in [9.17, 15) is 18.8 Å². The summed E-state index contributed by atoms with van der Waals surface area (Å²) in [5, 5.41) is 2.87. The second-order valence-corrected chi connectivity index (χ2v) is 10.3. The summed E-state index contributed by atoms with van der Waals surface area (Å²) in [6.45, 7) is 2.01. The van der Waals surface area contributed by atoms with Crippen LogP contribution in [-0.4, -0.2) is 45.8 Å². The molecule has 0 radical (unpaired) electrons. The first-order chi connectivity index (χ1) is 15.8. The number of imide groups is 1. The van der Waals surface area contributed by atoms with Crippen LogP contribution >= 0.6 is 15.9 Å². The third-order valence-electron chi connectivity index (χ3n) is 7.07.